The highest BCUT2D eigenvalue weighted by molar-refractivity contribution is 6.32. The van der Waals surface area contributed by atoms with Crippen LogP contribution in [-0.2, 0) is 24.5 Å². The Kier molecular flexibility index (Phi) is 3.10. The number of ether oxygens (including phenoxy) is 1. The molecule has 2 aliphatic heterocycles. The first kappa shape index (κ1) is 14.7. The molecule has 1 aromatic carbocycles. The number of likely N-dealkylation sites (tertiary alicyclic amines) is 1. The van der Waals surface area contributed by atoms with E-state index in [1.54, 1.807) is 6.07 Å². The van der Waals surface area contributed by atoms with Crippen LogP contribution >= 0.6 is 0 Å². The summed E-state index contributed by atoms with van der Waals surface area (Å²) in [5.41, 5.74) is 0.497. The van der Waals surface area contributed by atoms with Crippen molar-refractivity contribution in [3.8, 4) is 0 Å². The van der Waals surface area contributed by atoms with E-state index in [1.807, 2.05) is 18.2 Å². The van der Waals surface area contributed by atoms with Crippen LogP contribution in [0.4, 0.5) is 5.69 Å². The normalized spacial score (nSPS) is 27.5. The molecule has 1 aliphatic carbocycles. The van der Waals surface area contributed by atoms with Gasteiger partial charge in [0.25, 0.3) is 0 Å². The number of rotatable bonds is 1. The zero-order chi connectivity index (χ0) is 16.9. The third-order valence-corrected chi connectivity index (χ3v) is 4.84. The van der Waals surface area contributed by atoms with Crippen molar-refractivity contribution in [3.63, 3.8) is 0 Å². The Labute approximate surface area is 138 Å². The van der Waals surface area contributed by atoms with E-state index in [9.17, 15) is 14.4 Å². The number of anilines is 1. The van der Waals surface area contributed by atoms with E-state index in [-0.39, 0.29) is 25.0 Å². The number of hydrogen-bond acceptors (Lipinski definition) is 4. The third kappa shape index (κ3) is 2.07. The molecule has 2 atom stereocenters. The van der Waals surface area contributed by atoms with Gasteiger partial charge in [0.1, 0.15) is 11.5 Å². The summed E-state index contributed by atoms with van der Waals surface area (Å²) in [5.74, 6) is -2.00. The van der Waals surface area contributed by atoms with E-state index in [1.165, 1.54) is 4.90 Å². The number of esters is 1. The van der Waals surface area contributed by atoms with Crippen LogP contribution in [0.5, 0.6) is 0 Å². The van der Waals surface area contributed by atoms with Gasteiger partial charge in [0.15, 0.2) is 0 Å². The van der Waals surface area contributed by atoms with Crippen molar-refractivity contribution >= 4 is 23.5 Å². The minimum Gasteiger partial charge on any atom is -0.455 e. The van der Waals surface area contributed by atoms with Crippen molar-refractivity contribution in [3.05, 3.63) is 41.2 Å². The predicted molar refractivity (Wildman–Crippen MR) is 82.6 cm³/mol. The van der Waals surface area contributed by atoms with Crippen LogP contribution in [0.25, 0.3) is 4.85 Å². The van der Waals surface area contributed by atoms with Crippen molar-refractivity contribution in [1.82, 2.24) is 4.90 Å². The Morgan fingerprint density at radius 1 is 1.33 bits per heavy atom. The van der Waals surface area contributed by atoms with Crippen LogP contribution in [0.15, 0.2) is 24.3 Å². The lowest BCUT2D eigenvalue weighted by molar-refractivity contribution is -0.161. The van der Waals surface area contributed by atoms with Crippen molar-refractivity contribution in [1.29, 1.82) is 0 Å². The first-order chi connectivity index (χ1) is 11.5. The van der Waals surface area contributed by atoms with Gasteiger partial charge in [-0.25, -0.2) is 11.4 Å². The molecule has 7 nitrogen and oxygen atoms in total. The number of para-hydroxylation sites is 1. The van der Waals surface area contributed by atoms with Gasteiger partial charge in [-0.3, -0.25) is 19.3 Å². The molecule has 1 saturated heterocycles. The van der Waals surface area contributed by atoms with E-state index < -0.39 is 23.5 Å². The molecule has 0 radical (unpaired) electrons. The minimum absolute atomic E-state index is 0.0154. The van der Waals surface area contributed by atoms with Gasteiger partial charge in [0.05, 0.1) is 6.42 Å². The maximum atomic E-state index is 12.6. The number of amides is 2. The standard InChI is InChI=1S/C17H15N3O4/c1-18-13-8-17(11-4-2-3-5-12(11)19-16(17)23)9-20(13)14(21)15(22)24-10-6-7-10/h2-5,10,13H,6-9H2,(H,19,23)/t13-,17-/m0/s1. The molecular weight excluding hydrogens is 310 g/mol. The van der Waals surface area contributed by atoms with Crippen molar-refractivity contribution < 1.29 is 19.1 Å². The molecule has 122 valence electrons. The second kappa shape index (κ2) is 5.06. The number of carbonyl (C=O) groups is 3. The lowest BCUT2D eigenvalue weighted by atomic mass is 9.80. The van der Waals surface area contributed by atoms with Crippen LogP contribution in [0.3, 0.4) is 0 Å². The van der Waals surface area contributed by atoms with E-state index in [2.05, 4.69) is 10.2 Å². The van der Waals surface area contributed by atoms with Gasteiger partial charge in [-0.05, 0) is 24.5 Å². The summed E-state index contributed by atoms with van der Waals surface area (Å²) < 4.78 is 5.04. The molecule has 2 amide bonds. The van der Waals surface area contributed by atoms with Crippen LogP contribution in [0.2, 0.25) is 0 Å². The van der Waals surface area contributed by atoms with Gasteiger partial charge in [-0.15, -0.1) is 0 Å². The fourth-order valence-electron chi connectivity index (χ4n) is 3.44. The number of nitrogens with one attached hydrogen (secondary N) is 1. The second-order valence-electron chi connectivity index (χ2n) is 6.43. The summed E-state index contributed by atoms with van der Waals surface area (Å²) in [6.45, 7) is 7.38. The van der Waals surface area contributed by atoms with Gasteiger partial charge >= 0.3 is 18.0 Å². The second-order valence-corrected chi connectivity index (χ2v) is 6.43. The summed E-state index contributed by atoms with van der Waals surface area (Å²) >= 11 is 0. The molecule has 0 bridgehead atoms. The number of carbonyl (C=O) groups excluding carboxylic acids is 3. The SMILES string of the molecule is [C-]#[N+][C@@H]1C[C@@]2(CN1C(=O)C(=O)OC1CC1)C(=O)Nc1ccccc12. The van der Waals surface area contributed by atoms with Crippen molar-refractivity contribution in [2.45, 2.75) is 36.9 Å². The van der Waals surface area contributed by atoms with Crippen LogP contribution in [-0.4, -0.2) is 41.5 Å². The lowest BCUT2D eigenvalue weighted by Crippen LogP contribution is -2.43. The topological polar surface area (TPSA) is 80.1 Å². The highest BCUT2D eigenvalue weighted by Crippen LogP contribution is 2.46. The number of benzene rings is 1. The summed E-state index contributed by atoms with van der Waals surface area (Å²) in [6.07, 6.45) is 0.693. The van der Waals surface area contributed by atoms with Gasteiger partial charge in [0.2, 0.25) is 5.91 Å². The zero-order valence-corrected chi connectivity index (χ0v) is 12.8. The molecule has 24 heavy (non-hydrogen) atoms. The van der Waals surface area contributed by atoms with E-state index in [0.717, 1.165) is 18.4 Å². The highest BCUT2D eigenvalue weighted by atomic mass is 16.6. The molecule has 2 heterocycles. The maximum Gasteiger partial charge on any atom is 0.397 e. The molecule has 0 unspecified atom stereocenters. The Hall–Kier alpha value is -2.88. The third-order valence-electron chi connectivity index (χ3n) is 4.84. The quantitative estimate of drug-likeness (QED) is 0.476. The summed E-state index contributed by atoms with van der Waals surface area (Å²) in [4.78, 5) is 41.6. The Bertz CT molecular complexity index is 795. The van der Waals surface area contributed by atoms with Gasteiger partial charge in [-0.2, -0.15) is 0 Å². The molecule has 1 aromatic rings. The molecule has 1 N–H and O–H groups in total. The van der Waals surface area contributed by atoms with Gasteiger partial charge in [-0.1, -0.05) is 18.2 Å². The fourth-order valence-corrected chi connectivity index (χ4v) is 3.44. The summed E-state index contributed by atoms with van der Waals surface area (Å²) in [7, 11) is 0. The maximum absolute atomic E-state index is 12.6. The van der Waals surface area contributed by atoms with Crippen LogP contribution in [0, 0.1) is 6.57 Å². The summed E-state index contributed by atoms with van der Waals surface area (Å²) in [5, 5.41) is 2.81. The van der Waals surface area contributed by atoms with Gasteiger partial charge < -0.3 is 10.1 Å². The Morgan fingerprint density at radius 2 is 2.08 bits per heavy atom. The van der Waals surface area contributed by atoms with Gasteiger partial charge in [0, 0.05) is 12.2 Å². The Balaban J connectivity index is 1.64. The zero-order valence-electron chi connectivity index (χ0n) is 12.8. The van der Waals surface area contributed by atoms with Crippen molar-refractivity contribution in [2.75, 3.05) is 11.9 Å². The molecule has 7 heteroatoms. The van der Waals surface area contributed by atoms with Crippen molar-refractivity contribution in [2.24, 2.45) is 0 Å². The van der Waals surface area contributed by atoms with Crippen LogP contribution < -0.4 is 5.32 Å². The summed E-state index contributed by atoms with van der Waals surface area (Å²) in [6, 6.07) is 7.25. The lowest BCUT2D eigenvalue weighted by Gasteiger charge is -2.20. The molecule has 4 rings (SSSR count). The molecule has 1 spiro atoms. The molecule has 1 saturated carbocycles. The average Bonchev–Trinajstić information content (AvgIpc) is 3.24. The minimum atomic E-state index is -0.971. The molecule has 3 aliphatic rings. The highest BCUT2D eigenvalue weighted by Gasteiger charge is 2.59. The first-order valence-corrected chi connectivity index (χ1v) is 7.84. The molecular formula is C17H15N3O4. The van der Waals surface area contributed by atoms with E-state index >= 15 is 0 Å². The number of fused-ring (bicyclic) bond motifs is 2. The monoisotopic (exact) mass is 325 g/mol. The number of nitrogens with zero attached hydrogens (tertiary/aromatic N) is 2. The average molecular weight is 325 g/mol. The predicted octanol–water partition coefficient (Wildman–Crippen LogP) is 1.06. The van der Waals surface area contributed by atoms with E-state index in [0.29, 0.717) is 5.69 Å². The first-order valence-electron chi connectivity index (χ1n) is 7.84. The van der Waals surface area contributed by atoms with E-state index in [4.69, 9.17) is 11.3 Å². The molecule has 0 aromatic heterocycles. The fraction of sp³-hybridized carbons (Fsp3) is 0.412. The smallest absolute Gasteiger partial charge is 0.397 e. The molecule has 2 fully saturated rings. The van der Waals surface area contributed by atoms with Crippen LogP contribution in [0.1, 0.15) is 24.8 Å². The number of hydrogen-bond donors (Lipinski definition) is 1. The Morgan fingerprint density at radius 3 is 2.79 bits per heavy atom. The largest absolute Gasteiger partial charge is 0.455 e.